The van der Waals surface area contributed by atoms with Crippen LogP contribution < -0.4 is 15.5 Å². The topological polar surface area (TPSA) is 101 Å². The van der Waals surface area contributed by atoms with Crippen molar-refractivity contribution in [2.45, 2.75) is 13.5 Å². The number of carbonyl (C=O) groups excluding carboxylic acids is 1. The molecule has 0 bridgehead atoms. The van der Waals surface area contributed by atoms with Gasteiger partial charge in [-0.15, -0.1) is 0 Å². The molecule has 1 heterocycles. The summed E-state index contributed by atoms with van der Waals surface area (Å²) < 4.78 is 18.4. The van der Waals surface area contributed by atoms with Crippen LogP contribution in [0.25, 0.3) is 11.3 Å². The predicted octanol–water partition coefficient (Wildman–Crippen LogP) is 3.91. The second-order valence-electron chi connectivity index (χ2n) is 6.06. The van der Waals surface area contributed by atoms with Gasteiger partial charge in [0.2, 0.25) is 11.9 Å². The van der Waals surface area contributed by atoms with Gasteiger partial charge in [-0.25, -0.2) is 14.4 Å². The van der Waals surface area contributed by atoms with Crippen LogP contribution in [0.5, 0.6) is 5.75 Å². The van der Waals surface area contributed by atoms with Gasteiger partial charge in [0, 0.05) is 17.5 Å². The van der Waals surface area contributed by atoms with Gasteiger partial charge in [-0.1, -0.05) is 17.7 Å². The van der Waals surface area contributed by atoms with Gasteiger partial charge in [0.25, 0.3) is 0 Å². The number of aromatic nitrogens is 2. The summed E-state index contributed by atoms with van der Waals surface area (Å²) in [7, 11) is 1.54. The maximum atomic E-state index is 13.1. The van der Waals surface area contributed by atoms with E-state index < -0.39 is 5.97 Å². The third-order valence-corrected chi connectivity index (χ3v) is 4.30. The van der Waals surface area contributed by atoms with Crippen molar-refractivity contribution in [3.8, 4) is 17.0 Å². The molecule has 0 spiro atoms. The molecule has 0 atom stereocenters. The minimum absolute atomic E-state index is 0.118. The molecule has 3 rings (SSSR count). The van der Waals surface area contributed by atoms with Gasteiger partial charge >= 0.3 is 5.97 Å². The Balaban J connectivity index is 1.80. The molecule has 10 heteroatoms. The van der Waals surface area contributed by atoms with Crippen LogP contribution in [0.3, 0.4) is 0 Å². The Morgan fingerprint density at radius 1 is 1.27 bits per heavy atom. The molecule has 3 aromatic rings. The number of aromatic amines is 1. The van der Waals surface area contributed by atoms with Gasteiger partial charge in [-0.2, -0.15) is 5.48 Å². The maximum absolute atomic E-state index is 13.1. The van der Waals surface area contributed by atoms with Gasteiger partial charge in [-0.3, -0.25) is 10.1 Å². The van der Waals surface area contributed by atoms with Crippen LogP contribution in [0.15, 0.2) is 53.7 Å². The molecule has 0 radical (unpaired) electrons. The SMILES string of the molecule is COc1cccc(Cl)c1CN=C(NOC(C)=O)Nc1ncc(-c2ccc(F)cc2)[nH]1. The molecule has 3 N–H and O–H groups in total. The normalized spacial score (nSPS) is 11.1. The molecule has 0 aliphatic carbocycles. The number of aliphatic imine (C=N–C) groups is 1. The number of benzene rings is 2. The van der Waals surface area contributed by atoms with Crippen LogP contribution in [-0.4, -0.2) is 29.0 Å². The zero-order valence-electron chi connectivity index (χ0n) is 16.2. The van der Waals surface area contributed by atoms with Crippen LogP contribution in [0.1, 0.15) is 12.5 Å². The number of nitrogens with zero attached hydrogens (tertiary/aromatic N) is 2. The zero-order chi connectivity index (χ0) is 21.5. The lowest BCUT2D eigenvalue weighted by Gasteiger charge is -2.11. The van der Waals surface area contributed by atoms with Gasteiger partial charge in [0.05, 0.1) is 25.5 Å². The Labute approximate surface area is 177 Å². The van der Waals surface area contributed by atoms with Gasteiger partial charge in [-0.05, 0) is 42.0 Å². The standard InChI is InChI=1S/C20H19ClFN5O3/c1-12(28)30-27-20(23-10-15-16(21)4-3-5-18(15)29-2)26-19-24-11-17(25-19)13-6-8-14(22)9-7-13/h3-9,11H,10H2,1-2H3,(H3,23,24,25,26,27). The van der Waals surface area contributed by atoms with Crippen molar-refractivity contribution in [1.29, 1.82) is 0 Å². The molecule has 2 aromatic carbocycles. The number of H-pyrrole nitrogens is 1. The number of hydroxylamine groups is 1. The molecule has 0 fully saturated rings. The van der Waals surface area contributed by atoms with E-state index in [1.165, 1.54) is 26.2 Å². The fourth-order valence-electron chi connectivity index (χ4n) is 2.53. The molecule has 30 heavy (non-hydrogen) atoms. The summed E-state index contributed by atoms with van der Waals surface area (Å²) in [5.74, 6) is 0.151. The second kappa shape index (κ2) is 9.75. The molecule has 0 saturated carbocycles. The zero-order valence-corrected chi connectivity index (χ0v) is 17.0. The summed E-state index contributed by atoms with van der Waals surface area (Å²) in [5, 5.41) is 3.39. The number of methoxy groups -OCH3 is 1. The van der Waals surface area contributed by atoms with Crippen LogP contribution in [0.2, 0.25) is 5.02 Å². The molecule has 0 saturated heterocycles. The summed E-state index contributed by atoms with van der Waals surface area (Å²) in [6.45, 7) is 1.40. The second-order valence-corrected chi connectivity index (χ2v) is 6.47. The lowest BCUT2D eigenvalue weighted by Crippen LogP contribution is -2.33. The lowest BCUT2D eigenvalue weighted by atomic mass is 10.2. The number of carbonyl (C=O) groups is 1. The van der Waals surface area contributed by atoms with Gasteiger partial charge in [0.1, 0.15) is 11.6 Å². The number of imidazole rings is 1. The smallest absolute Gasteiger partial charge is 0.329 e. The molecular formula is C20H19ClFN5O3. The van der Waals surface area contributed by atoms with Gasteiger partial charge in [0.15, 0.2) is 0 Å². The highest BCUT2D eigenvalue weighted by Gasteiger charge is 2.10. The largest absolute Gasteiger partial charge is 0.496 e. The molecule has 0 aliphatic heterocycles. The van der Waals surface area contributed by atoms with Crippen molar-refractivity contribution in [2.75, 3.05) is 12.4 Å². The summed E-state index contributed by atoms with van der Waals surface area (Å²) in [6.07, 6.45) is 1.58. The minimum atomic E-state index is -0.550. The van der Waals surface area contributed by atoms with E-state index in [0.29, 0.717) is 28.0 Å². The van der Waals surface area contributed by atoms with Crippen LogP contribution in [0, 0.1) is 5.82 Å². The lowest BCUT2D eigenvalue weighted by molar-refractivity contribution is -0.145. The van der Waals surface area contributed by atoms with Crippen LogP contribution in [0.4, 0.5) is 10.3 Å². The highest BCUT2D eigenvalue weighted by Crippen LogP contribution is 2.27. The number of rotatable bonds is 5. The molecule has 0 unspecified atom stereocenters. The fraction of sp³-hybridized carbons (Fsp3) is 0.150. The first-order chi connectivity index (χ1) is 14.5. The molecule has 0 aliphatic rings. The number of halogens is 2. The van der Waals surface area contributed by atoms with Gasteiger partial charge < -0.3 is 14.6 Å². The Hall–Kier alpha value is -3.59. The molecule has 8 nitrogen and oxygen atoms in total. The molecular weight excluding hydrogens is 413 g/mol. The molecule has 1 aromatic heterocycles. The van der Waals surface area contributed by atoms with E-state index in [1.54, 1.807) is 36.5 Å². The van der Waals surface area contributed by atoms with E-state index in [4.69, 9.17) is 21.2 Å². The van der Waals surface area contributed by atoms with E-state index in [2.05, 4.69) is 25.8 Å². The van der Waals surface area contributed by atoms with E-state index in [0.717, 1.165) is 5.56 Å². The Kier molecular flexibility index (Phi) is 6.87. The first-order valence-electron chi connectivity index (χ1n) is 8.83. The minimum Gasteiger partial charge on any atom is -0.496 e. The number of anilines is 1. The van der Waals surface area contributed by atoms with E-state index in [-0.39, 0.29) is 18.3 Å². The van der Waals surface area contributed by atoms with Crippen molar-refractivity contribution in [2.24, 2.45) is 4.99 Å². The number of ether oxygens (including phenoxy) is 1. The number of nitrogens with one attached hydrogen (secondary N) is 3. The Morgan fingerprint density at radius 2 is 2.03 bits per heavy atom. The van der Waals surface area contributed by atoms with Crippen LogP contribution in [-0.2, 0) is 16.2 Å². The summed E-state index contributed by atoms with van der Waals surface area (Å²) in [6, 6.07) is 11.2. The summed E-state index contributed by atoms with van der Waals surface area (Å²) in [4.78, 5) is 27.6. The molecule has 0 amide bonds. The van der Waals surface area contributed by atoms with Crippen molar-refractivity contribution < 1.29 is 18.8 Å². The number of guanidine groups is 1. The fourth-order valence-corrected chi connectivity index (χ4v) is 2.76. The highest BCUT2D eigenvalue weighted by molar-refractivity contribution is 6.31. The summed E-state index contributed by atoms with van der Waals surface area (Å²) in [5.41, 5.74) is 4.53. The average molecular weight is 432 g/mol. The van der Waals surface area contributed by atoms with E-state index in [1.807, 2.05) is 0 Å². The summed E-state index contributed by atoms with van der Waals surface area (Å²) >= 11 is 6.24. The average Bonchev–Trinajstić information content (AvgIpc) is 3.19. The predicted molar refractivity (Wildman–Crippen MR) is 112 cm³/mol. The maximum Gasteiger partial charge on any atom is 0.329 e. The van der Waals surface area contributed by atoms with Crippen molar-refractivity contribution in [1.82, 2.24) is 15.4 Å². The third-order valence-electron chi connectivity index (χ3n) is 3.95. The monoisotopic (exact) mass is 431 g/mol. The number of hydrogen-bond donors (Lipinski definition) is 3. The van der Waals surface area contributed by atoms with Crippen LogP contribution >= 0.6 is 11.6 Å². The Morgan fingerprint density at radius 3 is 2.73 bits per heavy atom. The highest BCUT2D eigenvalue weighted by atomic mass is 35.5. The van der Waals surface area contributed by atoms with Crippen molar-refractivity contribution in [3.05, 3.63) is 65.1 Å². The first kappa shape index (κ1) is 21.1. The first-order valence-corrected chi connectivity index (χ1v) is 9.21. The van der Waals surface area contributed by atoms with E-state index >= 15 is 0 Å². The molecule has 156 valence electrons. The van der Waals surface area contributed by atoms with E-state index in [9.17, 15) is 9.18 Å². The Bertz CT molecular complexity index is 1050. The third kappa shape index (κ3) is 5.48. The number of hydrogen-bond acceptors (Lipinski definition) is 5. The van der Waals surface area contributed by atoms with Crippen molar-refractivity contribution in [3.63, 3.8) is 0 Å². The quantitative estimate of drug-likeness (QED) is 0.321. The van der Waals surface area contributed by atoms with Crippen molar-refractivity contribution >= 4 is 29.5 Å².